The van der Waals surface area contributed by atoms with Crippen molar-refractivity contribution in [3.05, 3.63) is 63.7 Å². The van der Waals surface area contributed by atoms with Crippen LogP contribution in [0.25, 0.3) is 6.08 Å². The normalized spacial score (nSPS) is 11.6. The Morgan fingerprint density at radius 1 is 1.26 bits per heavy atom. The lowest BCUT2D eigenvalue weighted by atomic mass is 10.1. The van der Waals surface area contributed by atoms with Crippen molar-refractivity contribution in [1.82, 2.24) is 10.2 Å². The fourth-order valence-corrected chi connectivity index (χ4v) is 4.70. The van der Waals surface area contributed by atoms with Crippen molar-refractivity contribution in [3.8, 4) is 17.6 Å². The van der Waals surface area contributed by atoms with E-state index in [0.717, 1.165) is 17.4 Å². The molecular formula is C23H21ClN4O5S2. The van der Waals surface area contributed by atoms with Crippen LogP contribution < -0.4 is 14.8 Å². The van der Waals surface area contributed by atoms with Gasteiger partial charge in [0.15, 0.2) is 11.5 Å². The monoisotopic (exact) mass is 532 g/mol. The van der Waals surface area contributed by atoms with Crippen LogP contribution in [0.3, 0.4) is 0 Å². The van der Waals surface area contributed by atoms with Crippen LogP contribution in [-0.2, 0) is 21.2 Å². The largest absolute Gasteiger partial charge is 0.490 e. The highest BCUT2D eigenvalue weighted by atomic mass is 35.5. The van der Waals surface area contributed by atoms with Gasteiger partial charge in [-0.1, -0.05) is 52.8 Å². The summed E-state index contributed by atoms with van der Waals surface area (Å²) in [7, 11) is -3.56. The van der Waals surface area contributed by atoms with E-state index < -0.39 is 15.7 Å². The summed E-state index contributed by atoms with van der Waals surface area (Å²) in [6.45, 7) is 4.42. The number of hydrogen-bond acceptors (Lipinski definition) is 9. The van der Waals surface area contributed by atoms with E-state index in [1.54, 1.807) is 12.1 Å². The smallest absolute Gasteiger partial charge is 0.268 e. The van der Waals surface area contributed by atoms with Gasteiger partial charge in [-0.25, -0.2) is 8.42 Å². The Kier molecular flexibility index (Phi) is 8.45. The number of carbonyl (C=O) groups excluding carboxylic acids is 1. The molecule has 0 aliphatic carbocycles. The van der Waals surface area contributed by atoms with Crippen LogP contribution >= 0.6 is 22.9 Å². The van der Waals surface area contributed by atoms with Gasteiger partial charge in [0.25, 0.3) is 5.91 Å². The molecule has 0 aliphatic heterocycles. The van der Waals surface area contributed by atoms with Crippen molar-refractivity contribution in [3.63, 3.8) is 0 Å². The summed E-state index contributed by atoms with van der Waals surface area (Å²) >= 11 is 7.14. The number of sulfone groups is 1. The maximum atomic E-state index is 12.6. The molecule has 0 radical (unpaired) electrons. The fraction of sp³-hybridized carbons (Fsp3) is 0.217. The predicted molar refractivity (Wildman–Crippen MR) is 133 cm³/mol. The van der Waals surface area contributed by atoms with E-state index in [2.05, 4.69) is 15.5 Å². The van der Waals surface area contributed by atoms with Crippen molar-refractivity contribution >= 4 is 49.9 Å². The van der Waals surface area contributed by atoms with Crippen LogP contribution in [0.5, 0.6) is 11.5 Å². The maximum absolute atomic E-state index is 12.6. The second-order valence-corrected chi connectivity index (χ2v) is 10.9. The maximum Gasteiger partial charge on any atom is 0.268 e. The number of nitrogens with one attached hydrogen (secondary N) is 1. The number of aryl methyl sites for hydroxylation is 1. The molecular weight excluding hydrogens is 512 g/mol. The molecule has 0 saturated heterocycles. The first kappa shape index (κ1) is 26.2. The average Bonchev–Trinajstić information content (AvgIpc) is 3.26. The van der Waals surface area contributed by atoms with Gasteiger partial charge in [-0.05, 0) is 43.2 Å². The standard InChI is InChI=1S/C23H21ClN4O5S2/c1-4-32-19-11-16(10-18(24)20(19)33-13-15-7-5-6-14(2)8-15)9-17(12-25)21(29)26-22-27-28-23(34-22)35(3,30)31/h5-11H,4,13H2,1-3H3,(H,26,27,29)/b17-9-. The SMILES string of the molecule is CCOc1cc(/C=C(/C#N)C(=O)Nc2nnc(S(C)(=O)=O)s2)cc(Cl)c1OCc1cccc(C)c1. The molecule has 0 spiro atoms. The molecule has 1 amide bonds. The Labute approximate surface area is 211 Å². The zero-order valence-electron chi connectivity index (χ0n) is 19.0. The molecule has 0 saturated carbocycles. The summed E-state index contributed by atoms with van der Waals surface area (Å²) in [5.74, 6) is -0.0756. The van der Waals surface area contributed by atoms with Gasteiger partial charge >= 0.3 is 0 Å². The quantitative estimate of drug-likeness (QED) is 0.243. The molecule has 0 aliphatic rings. The van der Waals surface area contributed by atoms with Gasteiger partial charge in [0, 0.05) is 6.26 Å². The molecule has 9 nitrogen and oxygen atoms in total. The number of rotatable bonds is 9. The Hall–Kier alpha value is -3.46. The fourth-order valence-electron chi connectivity index (χ4n) is 2.92. The zero-order chi connectivity index (χ0) is 25.6. The summed E-state index contributed by atoms with van der Waals surface area (Å²) in [5.41, 5.74) is 2.24. The molecule has 1 aromatic heterocycles. The lowest BCUT2D eigenvalue weighted by molar-refractivity contribution is -0.112. The van der Waals surface area contributed by atoms with Crippen LogP contribution in [0.4, 0.5) is 5.13 Å². The highest BCUT2D eigenvalue weighted by Gasteiger charge is 2.18. The Balaban J connectivity index is 1.84. The molecule has 0 bridgehead atoms. The molecule has 0 atom stereocenters. The highest BCUT2D eigenvalue weighted by molar-refractivity contribution is 7.92. The van der Waals surface area contributed by atoms with Crippen LogP contribution in [0, 0.1) is 18.3 Å². The summed E-state index contributed by atoms with van der Waals surface area (Å²) in [5, 5.41) is 19.2. The summed E-state index contributed by atoms with van der Waals surface area (Å²) in [6, 6.07) is 12.8. The number of amides is 1. The van der Waals surface area contributed by atoms with Crippen molar-refractivity contribution in [2.45, 2.75) is 24.8 Å². The molecule has 0 fully saturated rings. The minimum absolute atomic E-state index is 0.0514. The number of hydrogen-bond donors (Lipinski definition) is 1. The van der Waals surface area contributed by atoms with E-state index in [1.165, 1.54) is 6.08 Å². The Morgan fingerprint density at radius 2 is 2.03 bits per heavy atom. The number of benzene rings is 2. The average molecular weight is 533 g/mol. The second-order valence-electron chi connectivity index (χ2n) is 7.31. The van der Waals surface area contributed by atoms with Crippen molar-refractivity contribution in [2.24, 2.45) is 0 Å². The molecule has 1 heterocycles. The minimum Gasteiger partial charge on any atom is -0.490 e. The van der Waals surface area contributed by atoms with E-state index in [9.17, 15) is 18.5 Å². The van der Waals surface area contributed by atoms with Crippen LogP contribution in [-0.4, -0.2) is 37.4 Å². The van der Waals surface area contributed by atoms with E-state index >= 15 is 0 Å². The Bertz CT molecular complexity index is 1430. The van der Waals surface area contributed by atoms with E-state index in [-0.39, 0.29) is 26.7 Å². The first-order valence-corrected chi connectivity index (χ1v) is 13.3. The van der Waals surface area contributed by atoms with Gasteiger partial charge in [0.05, 0.1) is 11.6 Å². The number of carbonyl (C=O) groups is 1. The van der Waals surface area contributed by atoms with E-state index in [1.807, 2.05) is 44.2 Å². The zero-order valence-corrected chi connectivity index (χ0v) is 21.4. The van der Waals surface area contributed by atoms with E-state index in [4.69, 9.17) is 21.1 Å². The van der Waals surface area contributed by atoms with Crippen molar-refractivity contribution < 1.29 is 22.7 Å². The third-order valence-corrected chi connectivity index (χ3v) is 7.21. The first-order chi connectivity index (χ1) is 16.6. The molecule has 0 unspecified atom stereocenters. The number of nitriles is 1. The van der Waals surface area contributed by atoms with Crippen LogP contribution in [0.2, 0.25) is 5.02 Å². The number of nitrogens with zero attached hydrogens (tertiary/aromatic N) is 3. The summed E-state index contributed by atoms with van der Waals surface area (Å²) in [6.07, 6.45) is 2.31. The Morgan fingerprint density at radius 3 is 2.66 bits per heavy atom. The number of anilines is 1. The lowest BCUT2D eigenvalue weighted by Gasteiger charge is -2.15. The molecule has 3 aromatic rings. The van der Waals surface area contributed by atoms with Gasteiger partial charge in [-0.15, -0.1) is 10.2 Å². The molecule has 2 aromatic carbocycles. The highest BCUT2D eigenvalue weighted by Crippen LogP contribution is 2.38. The van der Waals surface area contributed by atoms with Gasteiger partial charge in [0.2, 0.25) is 19.3 Å². The number of halogens is 1. The molecule has 12 heteroatoms. The molecule has 3 rings (SSSR count). The summed E-state index contributed by atoms with van der Waals surface area (Å²) in [4.78, 5) is 12.6. The third kappa shape index (κ3) is 7.02. The van der Waals surface area contributed by atoms with Gasteiger partial charge < -0.3 is 9.47 Å². The lowest BCUT2D eigenvalue weighted by Crippen LogP contribution is -2.13. The minimum atomic E-state index is -3.56. The van der Waals surface area contributed by atoms with Gasteiger partial charge in [0.1, 0.15) is 18.2 Å². The molecule has 35 heavy (non-hydrogen) atoms. The van der Waals surface area contributed by atoms with E-state index in [0.29, 0.717) is 35.0 Å². The second kappa shape index (κ2) is 11.3. The molecule has 182 valence electrons. The van der Waals surface area contributed by atoms with Crippen molar-refractivity contribution in [1.29, 1.82) is 5.26 Å². The van der Waals surface area contributed by atoms with Crippen LogP contribution in [0.15, 0.2) is 46.3 Å². The third-order valence-electron chi connectivity index (χ3n) is 4.42. The predicted octanol–water partition coefficient (Wildman–Crippen LogP) is 4.43. The first-order valence-electron chi connectivity index (χ1n) is 10.2. The van der Waals surface area contributed by atoms with Crippen molar-refractivity contribution in [2.75, 3.05) is 18.2 Å². The van der Waals surface area contributed by atoms with Gasteiger partial charge in [-0.3, -0.25) is 10.1 Å². The summed E-state index contributed by atoms with van der Waals surface area (Å²) < 4.78 is 34.4. The topological polar surface area (TPSA) is 131 Å². The van der Waals surface area contributed by atoms with Crippen LogP contribution in [0.1, 0.15) is 23.6 Å². The number of ether oxygens (including phenoxy) is 2. The van der Waals surface area contributed by atoms with Gasteiger partial charge in [-0.2, -0.15) is 5.26 Å². The molecule has 1 N–H and O–H groups in total. The number of aromatic nitrogens is 2.